The fourth-order valence-corrected chi connectivity index (χ4v) is 0.313. The van der Waals surface area contributed by atoms with Crippen LogP contribution in [0.25, 0.3) is 0 Å². The number of aromatic nitrogens is 2. The van der Waals surface area contributed by atoms with E-state index in [0.29, 0.717) is 5.82 Å². The van der Waals surface area contributed by atoms with E-state index in [9.17, 15) is 0 Å². The Balaban J connectivity index is 0.000000490. The topological polar surface area (TPSA) is 51.8 Å². The molecule has 1 rings (SSSR count). The highest BCUT2D eigenvalue weighted by Crippen LogP contribution is 1.86. The van der Waals surface area contributed by atoms with Gasteiger partial charge in [0.05, 0.1) is 0 Å². The molecule has 0 fully saturated rings. The highest BCUT2D eigenvalue weighted by atomic mass is 15.1. The van der Waals surface area contributed by atoms with Gasteiger partial charge in [0.1, 0.15) is 5.82 Å². The fraction of sp³-hybridized carbons (Fsp3) is 0.200. The Bertz CT molecular complexity index is 138. The van der Waals surface area contributed by atoms with Crippen molar-refractivity contribution in [2.75, 3.05) is 5.73 Å². The summed E-state index contributed by atoms with van der Waals surface area (Å²) in [6, 6.07) is 3.43. The minimum atomic E-state index is 0. The van der Waals surface area contributed by atoms with Crippen LogP contribution in [0.3, 0.4) is 0 Å². The molecule has 0 aliphatic rings. The second-order valence-corrected chi connectivity index (χ2v) is 1.15. The van der Waals surface area contributed by atoms with Gasteiger partial charge in [-0.15, -0.1) is 5.10 Å². The number of hydrogen-bond donors (Lipinski definition) is 1. The number of nitrogen functional groups attached to an aromatic ring is 1. The SMILES string of the molecule is C.Nc1cccnn1. The van der Waals surface area contributed by atoms with Gasteiger partial charge in [-0.2, -0.15) is 5.10 Å². The summed E-state index contributed by atoms with van der Waals surface area (Å²) in [6.45, 7) is 0. The molecule has 0 aliphatic carbocycles. The maximum atomic E-state index is 5.18. The third-order valence-electron chi connectivity index (χ3n) is 0.593. The molecule has 0 unspecified atom stereocenters. The summed E-state index contributed by atoms with van der Waals surface area (Å²) in [5.74, 6) is 0.461. The van der Waals surface area contributed by atoms with Crippen LogP contribution in [0.4, 0.5) is 5.82 Å². The summed E-state index contributed by atoms with van der Waals surface area (Å²) in [7, 11) is 0. The van der Waals surface area contributed by atoms with E-state index in [1.54, 1.807) is 18.3 Å². The molecule has 1 aromatic rings. The van der Waals surface area contributed by atoms with Crippen LogP contribution < -0.4 is 5.73 Å². The summed E-state index contributed by atoms with van der Waals surface area (Å²) < 4.78 is 0. The highest BCUT2D eigenvalue weighted by molar-refractivity contribution is 5.22. The van der Waals surface area contributed by atoms with Crippen molar-refractivity contribution in [2.24, 2.45) is 0 Å². The molecule has 0 spiro atoms. The van der Waals surface area contributed by atoms with Gasteiger partial charge in [-0.25, -0.2) is 0 Å². The standard InChI is InChI=1S/C4H5N3.CH4/c5-4-2-1-3-6-7-4;/h1-3H,(H2,5,7);1H4. The molecule has 0 bridgehead atoms. The van der Waals surface area contributed by atoms with Crippen molar-refractivity contribution in [3.63, 3.8) is 0 Å². The highest BCUT2D eigenvalue weighted by Gasteiger charge is 1.75. The van der Waals surface area contributed by atoms with Gasteiger partial charge >= 0.3 is 0 Å². The lowest BCUT2D eigenvalue weighted by atomic mass is 10.6. The van der Waals surface area contributed by atoms with Crippen LogP contribution in [0.15, 0.2) is 18.3 Å². The van der Waals surface area contributed by atoms with Crippen molar-refractivity contribution in [3.8, 4) is 0 Å². The van der Waals surface area contributed by atoms with Gasteiger partial charge in [-0.05, 0) is 12.1 Å². The Morgan fingerprint density at radius 3 is 2.50 bits per heavy atom. The lowest BCUT2D eigenvalue weighted by Gasteiger charge is -1.81. The molecule has 0 amide bonds. The third-order valence-corrected chi connectivity index (χ3v) is 0.593. The van der Waals surface area contributed by atoms with E-state index in [2.05, 4.69) is 10.2 Å². The number of anilines is 1. The van der Waals surface area contributed by atoms with Crippen molar-refractivity contribution in [1.29, 1.82) is 0 Å². The Hall–Kier alpha value is -1.12. The Kier molecular flexibility index (Phi) is 2.54. The van der Waals surface area contributed by atoms with E-state index in [1.807, 2.05) is 0 Å². The third kappa shape index (κ3) is 1.55. The largest absolute Gasteiger partial charge is 0.382 e. The molecule has 1 heterocycles. The number of hydrogen-bond acceptors (Lipinski definition) is 3. The lowest BCUT2D eigenvalue weighted by Crippen LogP contribution is -1.88. The molecule has 3 nitrogen and oxygen atoms in total. The van der Waals surface area contributed by atoms with Crippen LogP contribution in [0.2, 0.25) is 0 Å². The van der Waals surface area contributed by atoms with E-state index >= 15 is 0 Å². The van der Waals surface area contributed by atoms with Crippen molar-refractivity contribution in [3.05, 3.63) is 18.3 Å². The Morgan fingerprint density at radius 1 is 1.50 bits per heavy atom. The maximum absolute atomic E-state index is 5.18. The average molecular weight is 111 g/mol. The predicted octanol–water partition coefficient (Wildman–Crippen LogP) is 0.695. The van der Waals surface area contributed by atoms with E-state index < -0.39 is 0 Å². The predicted molar refractivity (Wildman–Crippen MR) is 33.2 cm³/mol. The normalized spacial score (nSPS) is 7.50. The van der Waals surface area contributed by atoms with Crippen LogP contribution in [-0.4, -0.2) is 10.2 Å². The van der Waals surface area contributed by atoms with Gasteiger partial charge in [0.25, 0.3) is 0 Å². The molecule has 0 radical (unpaired) electrons. The van der Waals surface area contributed by atoms with Gasteiger partial charge in [0, 0.05) is 6.20 Å². The van der Waals surface area contributed by atoms with Crippen molar-refractivity contribution < 1.29 is 0 Å². The Morgan fingerprint density at radius 2 is 2.25 bits per heavy atom. The zero-order chi connectivity index (χ0) is 5.11. The van der Waals surface area contributed by atoms with Gasteiger partial charge in [0.15, 0.2) is 0 Å². The molecule has 8 heavy (non-hydrogen) atoms. The lowest BCUT2D eigenvalue weighted by molar-refractivity contribution is 1.04. The number of nitrogens with two attached hydrogens (primary N) is 1. The summed E-state index contributed by atoms with van der Waals surface area (Å²) in [6.07, 6.45) is 1.58. The molecule has 0 saturated heterocycles. The first-order valence-electron chi connectivity index (χ1n) is 1.93. The molecule has 3 heteroatoms. The summed E-state index contributed by atoms with van der Waals surface area (Å²) in [5, 5.41) is 7.02. The minimum absolute atomic E-state index is 0. The molecular weight excluding hydrogens is 102 g/mol. The molecule has 0 saturated carbocycles. The molecule has 2 N–H and O–H groups in total. The van der Waals surface area contributed by atoms with Gasteiger partial charge in [-0.1, -0.05) is 7.43 Å². The van der Waals surface area contributed by atoms with Crippen LogP contribution >= 0.6 is 0 Å². The van der Waals surface area contributed by atoms with Crippen LogP contribution in [0.5, 0.6) is 0 Å². The van der Waals surface area contributed by atoms with Crippen LogP contribution in [-0.2, 0) is 0 Å². The molecule has 0 atom stereocenters. The van der Waals surface area contributed by atoms with Gasteiger partial charge in [0.2, 0.25) is 0 Å². The number of rotatable bonds is 0. The fourth-order valence-electron chi connectivity index (χ4n) is 0.313. The van der Waals surface area contributed by atoms with E-state index in [4.69, 9.17) is 5.73 Å². The molecule has 1 aromatic heterocycles. The summed E-state index contributed by atoms with van der Waals surface area (Å²) >= 11 is 0. The van der Waals surface area contributed by atoms with Crippen molar-refractivity contribution in [1.82, 2.24) is 10.2 Å². The monoisotopic (exact) mass is 111 g/mol. The van der Waals surface area contributed by atoms with Gasteiger partial charge in [-0.3, -0.25) is 0 Å². The van der Waals surface area contributed by atoms with Crippen molar-refractivity contribution >= 4 is 5.82 Å². The summed E-state index contributed by atoms with van der Waals surface area (Å²) in [4.78, 5) is 0. The first kappa shape index (κ1) is 6.88. The summed E-state index contributed by atoms with van der Waals surface area (Å²) in [5.41, 5.74) is 5.18. The molecular formula is C5H9N3. The zero-order valence-corrected chi connectivity index (χ0v) is 3.70. The van der Waals surface area contributed by atoms with Crippen LogP contribution in [0, 0.1) is 0 Å². The van der Waals surface area contributed by atoms with E-state index in [0.717, 1.165) is 0 Å². The van der Waals surface area contributed by atoms with Crippen molar-refractivity contribution in [2.45, 2.75) is 7.43 Å². The maximum Gasteiger partial charge on any atom is 0.146 e. The second kappa shape index (κ2) is 2.96. The van der Waals surface area contributed by atoms with E-state index in [-0.39, 0.29) is 7.43 Å². The number of nitrogens with zero attached hydrogens (tertiary/aromatic N) is 2. The quantitative estimate of drug-likeness (QED) is 0.536. The first-order valence-corrected chi connectivity index (χ1v) is 1.93. The second-order valence-electron chi connectivity index (χ2n) is 1.15. The van der Waals surface area contributed by atoms with Gasteiger partial charge < -0.3 is 5.73 Å². The smallest absolute Gasteiger partial charge is 0.146 e. The zero-order valence-electron chi connectivity index (χ0n) is 3.70. The first-order chi connectivity index (χ1) is 3.39. The molecule has 44 valence electrons. The average Bonchev–Trinajstić information content (AvgIpc) is 1.69. The van der Waals surface area contributed by atoms with E-state index in [1.165, 1.54) is 0 Å². The Labute approximate surface area is 48.5 Å². The minimum Gasteiger partial charge on any atom is -0.382 e. The molecule has 0 aliphatic heterocycles. The molecule has 0 aromatic carbocycles. The van der Waals surface area contributed by atoms with Crippen LogP contribution in [0.1, 0.15) is 7.43 Å².